The van der Waals surface area contributed by atoms with E-state index in [4.69, 9.17) is 15.2 Å². The lowest BCUT2D eigenvalue weighted by atomic mass is 10.5. The minimum absolute atomic E-state index is 0.142. The first kappa shape index (κ1) is 10.3. The molecule has 5 nitrogen and oxygen atoms in total. The predicted molar refractivity (Wildman–Crippen MR) is 39.9 cm³/mol. The van der Waals surface area contributed by atoms with Gasteiger partial charge in [-0.05, 0) is 0 Å². The largest absolute Gasteiger partial charge is 0.369 e. The molecule has 0 rings (SSSR count). The van der Waals surface area contributed by atoms with Crippen molar-refractivity contribution in [3.05, 3.63) is 0 Å². The average Bonchev–Trinajstić information content (AvgIpc) is 1.98. The Kier molecular flexibility index (Phi) is 5.73. The maximum atomic E-state index is 10.2. The third-order valence-corrected chi connectivity index (χ3v) is 1.14. The molecule has 0 aromatic rings. The molecule has 0 radical (unpaired) electrons. The fraction of sp³-hybridized carbons (Fsp3) is 0.833. The lowest BCUT2D eigenvalue weighted by molar-refractivity contribution is -0.118. The number of amides is 1. The number of nitrogens with one attached hydrogen (secondary N) is 1. The average molecular weight is 162 g/mol. The number of carbonyl (C=O) groups excluding carboxylic acids is 1. The molecule has 66 valence electrons. The number of carbonyl (C=O) groups is 1. The molecule has 0 unspecified atom stereocenters. The van der Waals surface area contributed by atoms with Gasteiger partial charge in [-0.3, -0.25) is 4.79 Å². The SMILES string of the molecule is COC(CNCC(N)=O)OC. The van der Waals surface area contributed by atoms with Gasteiger partial charge in [-0.15, -0.1) is 0 Å². The Hall–Kier alpha value is -0.650. The van der Waals surface area contributed by atoms with Gasteiger partial charge in [-0.25, -0.2) is 0 Å². The zero-order chi connectivity index (χ0) is 8.69. The molecule has 0 aliphatic rings. The second-order valence-electron chi connectivity index (χ2n) is 2.00. The van der Waals surface area contributed by atoms with Gasteiger partial charge in [0.25, 0.3) is 0 Å². The van der Waals surface area contributed by atoms with Crippen molar-refractivity contribution in [3.8, 4) is 0 Å². The number of rotatable bonds is 6. The van der Waals surface area contributed by atoms with Gasteiger partial charge in [0.15, 0.2) is 6.29 Å². The van der Waals surface area contributed by atoms with Crippen molar-refractivity contribution in [2.24, 2.45) is 5.73 Å². The molecule has 0 bridgehead atoms. The normalized spacial score (nSPS) is 10.5. The summed E-state index contributed by atoms with van der Waals surface area (Å²) in [6, 6.07) is 0. The third-order valence-electron chi connectivity index (χ3n) is 1.14. The van der Waals surface area contributed by atoms with Crippen LogP contribution in [-0.2, 0) is 14.3 Å². The molecule has 0 spiro atoms. The van der Waals surface area contributed by atoms with E-state index in [0.717, 1.165) is 0 Å². The molecule has 0 atom stereocenters. The van der Waals surface area contributed by atoms with E-state index < -0.39 is 5.91 Å². The summed E-state index contributed by atoms with van der Waals surface area (Å²) in [7, 11) is 3.06. The number of hydrogen-bond donors (Lipinski definition) is 2. The number of primary amides is 1. The van der Waals surface area contributed by atoms with Crippen molar-refractivity contribution in [2.75, 3.05) is 27.3 Å². The molecule has 0 heterocycles. The van der Waals surface area contributed by atoms with E-state index in [9.17, 15) is 4.79 Å². The van der Waals surface area contributed by atoms with Crippen LogP contribution in [0.4, 0.5) is 0 Å². The fourth-order valence-corrected chi connectivity index (χ4v) is 0.576. The predicted octanol–water partition coefficient (Wildman–Crippen LogP) is -1.32. The van der Waals surface area contributed by atoms with Gasteiger partial charge < -0.3 is 20.5 Å². The molecule has 0 aromatic carbocycles. The maximum Gasteiger partial charge on any atom is 0.231 e. The van der Waals surface area contributed by atoms with Crippen LogP contribution in [0.25, 0.3) is 0 Å². The molecule has 3 N–H and O–H groups in total. The first-order chi connectivity index (χ1) is 5.20. The summed E-state index contributed by atoms with van der Waals surface area (Å²) in [5, 5.41) is 2.76. The number of nitrogens with two attached hydrogens (primary N) is 1. The molecule has 11 heavy (non-hydrogen) atoms. The first-order valence-corrected chi connectivity index (χ1v) is 3.25. The molecular formula is C6H14N2O3. The van der Waals surface area contributed by atoms with Crippen LogP contribution in [0.1, 0.15) is 0 Å². The van der Waals surface area contributed by atoms with Crippen LogP contribution in [0.3, 0.4) is 0 Å². The van der Waals surface area contributed by atoms with E-state index >= 15 is 0 Å². The highest BCUT2D eigenvalue weighted by molar-refractivity contribution is 5.75. The summed E-state index contributed by atoms with van der Waals surface area (Å²) < 4.78 is 9.69. The first-order valence-electron chi connectivity index (χ1n) is 3.25. The van der Waals surface area contributed by atoms with E-state index in [1.54, 1.807) is 0 Å². The Balaban J connectivity index is 3.28. The highest BCUT2D eigenvalue weighted by atomic mass is 16.7. The Morgan fingerprint density at radius 2 is 2.09 bits per heavy atom. The highest BCUT2D eigenvalue weighted by Crippen LogP contribution is 1.86. The summed E-state index contributed by atoms with van der Waals surface area (Å²) in [5.41, 5.74) is 4.88. The van der Waals surface area contributed by atoms with Crippen LogP contribution in [0, 0.1) is 0 Å². The Bertz CT molecular complexity index is 114. The van der Waals surface area contributed by atoms with Gasteiger partial charge >= 0.3 is 0 Å². The van der Waals surface area contributed by atoms with Crippen LogP contribution >= 0.6 is 0 Å². The molecule has 0 fully saturated rings. The van der Waals surface area contributed by atoms with Crippen LogP contribution in [0.5, 0.6) is 0 Å². The van der Waals surface area contributed by atoms with Gasteiger partial charge in [0.05, 0.1) is 6.54 Å². The summed E-state index contributed by atoms with van der Waals surface area (Å²) in [6.07, 6.45) is -0.325. The van der Waals surface area contributed by atoms with Crippen LogP contribution in [0.15, 0.2) is 0 Å². The lowest BCUT2D eigenvalue weighted by Gasteiger charge is -2.12. The van der Waals surface area contributed by atoms with E-state index in [-0.39, 0.29) is 12.8 Å². The summed E-state index contributed by atoms with van der Waals surface area (Å²) in [4.78, 5) is 10.2. The standard InChI is InChI=1S/C6H14N2O3/c1-10-6(11-2)4-8-3-5(7)9/h6,8H,3-4H2,1-2H3,(H2,7,9). The Morgan fingerprint density at radius 3 is 2.45 bits per heavy atom. The molecule has 5 heteroatoms. The van der Waals surface area contributed by atoms with Crippen molar-refractivity contribution < 1.29 is 14.3 Å². The molecule has 0 aliphatic carbocycles. The van der Waals surface area contributed by atoms with E-state index in [1.807, 2.05) is 0 Å². The summed E-state index contributed by atoms with van der Waals surface area (Å²) in [6.45, 7) is 0.596. The van der Waals surface area contributed by atoms with Gasteiger partial charge in [-0.1, -0.05) is 0 Å². The van der Waals surface area contributed by atoms with Gasteiger partial charge in [-0.2, -0.15) is 0 Å². The van der Waals surface area contributed by atoms with Gasteiger partial charge in [0.2, 0.25) is 5.91 Å². The lowest BCUT2D eigenvalue weighted by Crippen LogP contribution is -2.35. The van der Waals surface area contributed by atoms with Crippen molar-refractivity contribution in [3.63, 3.8) is 0 Å². The number of hydrogen-bond acceptors (Lipinski definition) is 4. The topological polar surface area (TPSA) is 73.6 Å². The van der Waals surface area contributed by atoms with Crippen molar-refractivity contribution in [1.82, 2.24) is 5.32 Å². The van der Waals surface area contributed by atoms with E-state index in [2.05, 4.69) is 5.32 Å². The molecule has 0 saturated carbocycles. The quantitative estimate of drug-likeness (QED) is 0.475. The zero-order valence-corrected chi connectivity index (χ0v) is 6.79. The highest BCUT2D eigenvalue weighted by Gasteiger charge is 2.03. The number of ether oxygens (including phenoxy) is 2. The van der Waals surface area contributed by atoms with Crippen molar-refractivity contribution in [1.29, 1.82) is 0 Å². The van der Waals surface area contributed by atoms with Crippen LogP contribution in [0.2, 0.25) is 0 Å². The molecular weight excluding hydrogens is 148 g/mol. The van der Waals surface area contributed by atoms with Crippen molar-refractivity contribution >= 4 is 5.91 Å². The van der Waals surface area contributed by atoms with Gasteiger partial charge in [0, 0.05) is 20.8 Å². The molecule has 0 aromatic heterocycles. The Labute approximate surface area is 65.8 Å². The third kappa shape index (κ3) is 5.78. The molecule has 1 amide bonds. The number of methoxy groups -OCH3 is 2. The summed E-state index contributed by atoms with van der Waals surface area (Å²) in [5.74, 6) is -0.393. The monoisotopic (exact) mass is 162 g/mol. The summed E-state index contributed by atoms with van der Waals surface area (Å²) >= 11 is 0. The maximum absolute atomic E-state index is 10.2. The van der Waals surface area contributed by atoms with Crippen molar-refractivity contribution in [2.45, 2.75) is 6.29 Å². The van der Waals surface area contributed by atoms with E-state index in [1.165, 1.54) is 14.2 Å². The molecule has 0 saturated heterocycles. The fourth-order valence-electron chi connectivity index (χ4n) is 0.576. The minimum atomic E-state index is -0.393. The van der Waals surface area contributed by atoms with Gasteiger partial charge in [0.1, 0.15) is 0 Å². The minimum Gasteiger partial charge on any atom is -0.369 e. The van der Waals surface area contributed by atoms with E-state index in [0.29, 0.717) is 6.54 Å². The Morgan fingerprint density at radius 1 is 1.55 bits per heavy atom. The van der Waals surface area contributed by atoms with Crippen LogP contribution in [-0.4, -0.2) is 39.5 Å². The zero-order valence-electron chi connectivity index (χ0n) is 6.79. The second kappa shape index (κ2) is 6.09. The second-order valence-corrected chi connectivity index (χ2v) is 2.00. The molecule has 0 aliphatic heterocycles. The smallest absolute Gasteiger partial charge is 0.231 e. The van der Waals surface area contributed by atoms with Crippen LogP contribution < -0.4 is 11.1 Å².